The molecule has 0 aliphatic carbocycles. The molecule has 0 rings (SSSR count). The molecule has 0 nitrogen and oxygen atoms in total. The fraction of sp³-hybridized carbons (Fsp3) is 0.600. The van der Waals surface area contributed by atoms with Crippen LogP contribution >= 0.6 is 0 Å². The first-order chi connectivity index (χ1) is 2.81. The third-order valence-corrected chi connectivity index (χ3v) is 0.651. The molecule has 0 bridgehead atoms. The van der Waals surface area contributed by atoms with E-state index >= 15 is 0 Å². The number of hydrogen-bond donors (Lipinski definition) is 0. The summed E-state index contributed by atoms with van der Waals surface area (Å²) in [5.74, 6) is -0.0324. The second kappa shape index (κ2) is 2.88. The Balaban J connectivity index is 3.22. The van der Waals surface area contributed by atoms with Crippen LogP contribution in [0.15, 0.2) is 11.9 Å². The molecule has 0 unspecified atom stereocenters. The Kier molecular flexibility index (Phi) is 2.73. The topological polar surface area (TPSA) is 0 Å². The SMILES string of the molecule is C/C=C(/F)CC. The minimum Gasteiger partial charge on any atom is -0.212 e. The molecular formula is C5H9F. The van der Waals surface area contributed by atoms with Crippen molar-refractivity contribution in [2.24, 2.45) is 0 Å². The van der Waals surface area contributed by atoms with Crippen LogP contribution in [0.5, 0.6) is 0 Å². The van der Waals surface area contributed by atoms with Gasteiger partial charge in [-0.2, -0.15) is 0 Å². The summed E-state index contributed by atoms with van der Waals surface area (Å²) in [5, 5.41) is 0. The van der Waals surface area contributed by atoms with Crippen molar-refractivity contribution >= 4 is 0 Å². The predicted molar refractivity (Wildman–Crippen MR) is 25.2 cm³/mol. The van der Waals surface area contributed by atoms with Crippen LogP contribution < -0.4 is 0 Å². The lowest BCUT2D eigenvalue weighted by molar-refractivity contribution is 0.602. The van der Waals surface area contributed by atoms with Crippen molar-refractivity contribution in [3.05, 3.63) is 11.9 Å². The highest BCUT2D eigenvalue weighted by Crippen LogP contribution is 1.98. The quantitative estimate of drug-likeness (QED) is 0.461. The molecule has 0 saturated heterocycles. The Labute approximate surface area is 37.7 Å². The van der Waals surface area contributed by atoms with E-state index in [0.717, 1.165) is 0 Å². The van der Waals surface area contributed by atoms with Gasteiger partial charge in [-0.1, -0.05) is 13.0 Å². The van der Waals surface area contributed by atoms with E-state index in [1.807, 2.05) is 0 Å². The Bertz CT molecular complexity index is 55.0. The normalized spacial score (nSPS) is 12.2. The van der Waals surface area contributed by atoms with E-state index in [4.69, 9.17) is 0 Å². The van der Waals surface area contributed by atoms with E-state index in [-0.39, 0.29) is 5.83 Å². The molecule has 0 fully saturated rings. The molecule has 0 N–H and O–H groups in total. The molecule has 0 radical (unpaired) electrons. The van der Waals surface area contributed by atoms with Crippen molar-refractivity contribution in [3.8, 4) is 0 Å². The third kappa shape index (κ3) is 1.94. The molecule has 0 aromatic rings. The van der Waals surface area contributed by atoms with Gasteiger partial charge in [0, 0.05) is 0 Å². The number of halogens is 1. The van der Waals surface area contributed by atoms with Gasteiger partial charge in [0.15, 0.2) is 0 Å². The van der Waals surface area contributed by atoms with Gasteiger partial charge >= 0.3 is 0 Å². The van der Waals surface area contributed by atoms with Crippen LogP contribution in [0.4, 0.5) is 4.39 Å². The van der Waals surface area contributed by atoms with Gasteiger partial charge in [-0.15, -0.1) is 0 Å². The molecule has 0 aliphatic rings. The summed E-state index contributed by atoms with van der Waals surface area (Å²) in [5.41, 5.74) is 0. The fourth-order valence-corrected chi connectivity index (χ4v) is 0.204. The van der Waals surface area contributed by atoms with Crippen molar-refractivity contribution in [1.29, 1.82) is 0 Å². The summed E-state index contributed by atoms with van der Waals surface area (Å²) < 4.78 is 11.7. The molecule has 0 aliphatic heterocycles. The minimum atomic E-state index is -0.0324. The maximum absolute atomic E-state index is 11.7. The molecule has 0 saturated carbocycles. The standard InChI is InChI=1S/C5H9F/c1-3-5(6)4-2/h3H,4H2,1-2H3/b5-3+. The lowest BCUT2D eigenvalue weighted by Gasteiger charge is -1.79. The van der Waals surface area contributed by atoms with Crippen LogP contribution in [-0.2, 0) is 0 Å². The molecule has 0 spiro atoms. The van der Waals surface area contributed by atoms with Crippen molar-refractivity contribution in [2.45, 2.75) is 20.3 Å². The van der Waals surface area contributed by atoms with Gasteiger partial charge in [-0.3, -0.25) is 0 Å². The Morgan fingerprint density at radius 3 is 2.33 bits per heavy atom. The number of rotatable bonds is 1. The van der Waals surface area contributed by atoms with Crippen LogP contribution in [0, 0.1) is 0 Å². The van der Waals surface area contributed by atoms with Gasteiger partial charge < -0.3 is 0 Å². The Hall–Kier alpha value is -0.330. The molecule has 0 amide bonds. The molecule has 1 heteroatoms. The second-order valence-corrected chi connectivity index (χ2v) is 1.09. The average molecular weight is 88.1 g/mol. The molecule has 6 heavy (non-hydrogen) atoms. The van der Waals surface area contributed by atoms with Crippen LogP contribution in [0.2, 0.25) is 0 Å². The molecule has 0 aromatic carbocycles. The zero-order valence-electron chi connectivity index (χ0n) is 4.16. The first kappa shape index (κ1) is 5.67. The highest BCUT2D eigenvalue weighted by atomic mass is 19.1. The largest absolute Gasteiger partial charge is 0.212 e. The highest BCUT2D eigenvalue weighted by Gasteiger charge is 1.79. The van der Waals surface area contributed by atoms with Crippen molar-refractivity contribution in [3.63, 3.8) is 0 Å². The van der Waals surface area contributed by atoms with Gasteiger partial charge in [0.05, 0.1) is 5.83 Å². The van der Waals surface area contributed by atoms with Gasteiger partial charge in [-0.05, 0) is 13.3 Å². The zero-order valence-corrected chi connectivity index (χ0v) is 4.16. The van der Waals surface area contributed by atoms with E-state index in [0.29, 0.717) is 6.42 Å². The molecule has 36 valence electrons. The Morgan fingerprint density at radius 1 is 1.83 bits per heavy atom. The molecule has 0 heterocycles. The summed E-state index contributed by atoms with van der Waals surface area (Å²) in [6.07, 6.45) is 2.00. The van der Waals surface area contributed by atoms with E-state index in [1.165, 1.54) is 6.08 Å². The molecule has 0 aromatic heterocycles. The first-order valence-corrected chi connectivity index (χ1v) is 2.12. The van der Waals surface area contributed by atoms with Gasteiger partial charge in [0.1, 0.15) is 0 Å². The van der Waals surface area contributed by atoms with Crippen LogP contribution in [0.3, 0.4) is 0 Å². The molecule has 0 atom stereocenters. The lowest BCUT2D eigenvalue weighted by atomic mass is 10.4. The molecular weight excluding hydrogens is 79.1 g/mol. The summed E-state index contributed by atoms with van der Waals surface area (Å²) in [4.78, 5) is 0. The van der Waals surface area contributed by atoms with Crippen LogP contribution in [-0.4, -0.2) is 0 Å². The summed E-state index contributed by atoms with van der Waals surface area (Å²) >= 11 is 0. The minimum absolute atomic E-state index is 0.0324. The maximum Gasteiger partial charge on any atom is 0.0954 e. The van der Waals surface area contributed by atoms with E-state index in [1.54, 1.807) is 13.8 Å². The van der Waals surface area contributed by atoms with E-state index < -0.39 is 0 Å². The lowest BCUT2D eigenvalue weighted by Crippen LogP contribution is -1.61. The van der Waals surface area contributed by atoms with Gasteiger partial charge in [0.25, 0.3) is 0 Å². The number of hydrogen-bond acceptors (Lipinski definition) is 0. The highest BCUT2D eigenvalue weighted by molar-refractivity contribution is 4.85. The second-order valence-electron chi connectivity index (χ2n) is 1.09. The van der Waals surface area contributed by atoms with E-state index in [2.05, 4.69) is 0 Å². The van der Waals surface area contributed by atoms with Crippen molar-refractivity contribution in [2.75, 3.05) is 0 Å². The van der Waals surface area contributed by atoms with Crippen LogP contribution in [0.25, 0.3) is 0 Å². The van der Waals surface area contributed by atoms with Crippen LogP contribution in [0.1, 0.15) is 20.3 Å². The maximum atomic E-state index is 11.7. The van der Waals surface area contributed by atoms with Crippen molar-refractivity contribution in [1.82, 2.24) is 0 Å². The van der Waals surface area contributed by atoms with Gasteiger partial charge in [0.2, 0.25) is 0 Å². The summed E-state index contributed by atoms with van der Waals surface area (Å²) in [6.45, 7) is 3.48. The monoisotopic (exact) mass is 88.1 g/mol. The first-order valence-electron chi connectivity index (χ1n) is 2.12. The van der Waals surface area contributed by atoms with Gasteiger partial charge in [-0.25, -0.2) is 4.39 Å². The summed E-state index contributed by atoms with van der Waals surface area (Å²) in [6, 6.07) is 0. The predicted octanol–water partition coefficient (Wildman–Crippen LogP) is 2.27. The summed E-state index contributed by atoms with van der Waals surface area (Å²) in [7, 11) is 0. The van der Waals surface area contributed by atoms with Crippen molar-refractivity contribution < 1.29 is 4.39 Å². The van der Waals surface area contributed by atoms with E-state index in [9.17, 15) is 4.39 Å². The third-order valence-electron chi connectivity index (χ3n) is 0.651. The zero-order chi connectivity index (χ0) is 4.99. The Morgan fingerprint density at radius 2 is 2.33 bits per heavy atom. The average Bonchev–Trinajstić information content (AvgIpc) is 1.65. The number of allylic oxidation sites excluding steroid dienone is 2. The fourth-order valence-electron chi connectivity index (χ4n) is 0.204. The smallest absolute Gasteiger partial charge is 0.0954 e.